The number of hydrogen-bond acceptors (Lipinski definition) is 3. The molecule has 0 unspecified atom stereocenters. The maximum atomic E-state index is 9.00. The maximum absolute atomic E-state index is 9.00. The molecule has 0 atom stereocenters. The van der Waals surface area contributed by atoms with E-state index >= 15 is 0 Å². The van der Waals surface area contributed by atoms with Crippen LogP contribution in [0.1, 0.15) is 36.2 Å². The molecule has 1 aromatic heterocycles. The van der Waals surface area contributed by atoms with Gasteiger partial charge in [-0.2, -0.15) is 17.0 Å². The molecule has 3 nitrogen and oxygen atoms in total. The van der Waals surface area contributed by atoms with Crippen molar-refractivity contribution in [1.82, 2.24) is 9.88 Å². The Bertz CT molecular complexity index is 461. The number of rotatable bonds is 5. The number of hydrogen-bond donors (Lipinski definition) is 1. The number of nitrogens with one attached hydrogen (secondary N) is 1. The Morgan fingerprint density at radius 3 is 2.72 bits per heavy atom. The highest BCUT2D eigenvalue weighted by molar-refractivity contribution is 8.00. The molecule has 0 aliphatic heterocycles. The van der Waals surface area contributed by atoms with Crippen LogP contribution >= 0.6 is 11.8 Å². The highest BCUT2D eigenvalue weighted by atomic mass is 32.2. The molecule has 1 fully saturated rings. The smallest absolute Gasteiger partial charge is 0.120 e. The van der Waals surface area contributed by atoms with E-state index in [0.717, 1.165) is 18.8 Å². The zero-order chi connectivity index (χ0) is 13.2. The molecular weight excluding hydrogens is 242 g/mol. The molecule has 18 heavy (non-hydrogen) atoms. The van der Waals surface area contributed by atoms with Crippen LogP contribution in [0.25, 0.3) is 0 Å². The Morgan fingerprint density at radius 1 is 1.56 bits per heavy atom. The number of aromatic nitrogens is 1. The van der Waals surface area contributed by atoms with Gasteiger partial charge in [0.1, 0.15) is 11.8 Å². The molecule has 0 radical (unpaired) electrons. The summed E-state index contributed by atoms with van der Waals surface area (Å²) >= 11 is 1.99. The molecule has 1 aromatic rings. The van der Waals surface area contributed by atoms with Crippen LogP contribution in [0.5, 0.6) is 0 Å². The van der Waals surface area contributed by atoms with Crippen molar-refractivity contribution in [2.75, 3.05) is 12.8 Å². The van der Waals surface area contributed by atoms with Gasteiger partial charge in [0.15, 0.2) is 0 Å². The maximum Gasteiger partial charge on any atom is 0.120 e. The number of nitrogens with zero attached hydrogens (tertiary/aromatic N) is 2. The van der Waals surface area contributed by atoms with Crippen molar-refractivity contribution in [3.63, 3.8) is 0 Å². The van der Waals surface area contributed by atoms with E-state index < -0.39 is 0 Å². The first kappa shape index (κ1) is 13.5. The first-order valence-corrected chi connectivity index (χ1v) is 7.65. The van der Waals surface area contributed by atoms with Crippen molar-refractivity contribution < 1.29 is 0 Å². The van der Waals surface area contributed by atoms with Crippen LogP contribution in [-0.4, -0.2) is 22.1 Å². The van der Waals surface area contributed by atoms with E-state index in [9.17, 15) is 0 Å². The average Bonchev–Trinajstić information content (AvgIpc) is 2.60. The van der Waals surface area contributed by atoms with Gasteiger partial charge < -0.3 is 9.88 Å². The predicted molar refractivity (Wildman–Crippen MR) is 76.7 cm³/mol. The van der Waals surface area contributed by atoms with Gasteiger partial charge in [0.2, 0.25) is 0 Å². The van der Waals surface area contributed by atoms with Gasteiger partial charge in [0.05, 0.1) is 0 Å². The van der Waals surface area contributed by atoms with Gasteiger partial charge in [0.25, 0.3) is 0 Å². The Morgan fingerprint density at radius 2 is 2.28 bits per heavy atom. The second-order valence-electron chi connectivity index (χ2n) is 5.16. The summed E-state index contributed by atoms with van der Waals surface area (Å²) < 4.78 is 2.44. The van der Waals surface area contributed by atoms with Crippen LogP contribution in [0.2, 0.25) is 0 Å². The predicted octanol–water partition coefficient (Wildman–Crippen LogP) is 2.58. The van der Waals surface area contributed by atoms with Crippen molar-refractivity contribution in [1.29, 1.82) is 5.26 Å². The lowest BCUT2D eigenvalue weighted by atomic mass is 9.84. The Balaban J connectivity index is 1.93. The fraction of sp³-hybridized carbons (Fsp3) is 0.643. The van der Waals surface area contributed by atoms with E-state index in [2.05, 4.69) is 24.6 Å². The Hall–Kier alpha value is -0.920. The third kappa shape index (κ3) is 2.43. The van der Waals surface area contributed by atoms with Crippen LogP contribution in [0.15, 0.2) is 6.07 Å². The molecule has 1 aliphatic rings. The topological polar surface area (TPSA) is 40.8 Å². The number of thioether (sulfide) groups is 1. The fourth-order valence-corrected chi connectivity index (χ4v) is 3.44. The van der Waals surface area contributed by atoms with Gasteiger partial charge in [-0.25, -0.2) is 0 Å². The van der Waals surface area contributed by atoms with E-state index in [0.29, 0.717) is 4.75 Å². The lowest BCUT2D eigenvalue weighted by Gasteiger charge is -2.40. The Kier molecular flexibility index (Phi) is 4.04. The molecule has 2 rings (SSSR count). The molecular formula is C14H21N3S. The van der Waals surface area contributed by atoms with E-state index in [1.807, 2.05) is 29.4 Å². The standard InChI is InChI=1S/C14H21N3S/c1-11-12(7-13(8-15)17(11)2)9-16-10-14(18-3)5-4-6-14/h7,16H,4-6,9-10H2,1-3H3. The second kappa shape index (κ2) is 5.38. The molecule has 0 spiro atoms. The SMILES string of the molecule is CSC1(CNCc2cc(C#N)n(C)c2C)CCC1. The van der Waals surface area contributed by atoms with Crippen molar-refractivity contribution in [3.05, 3.63) is 23.0 Å². The van der Waals surface area contributed by atoms with E-state index in [1.54, 1.807) is 0 Å². The van der Waals surface area contributed by atoms with Crippen molar-refractivity contribution in [3.8, 4) is 6.07 Å². The van der Waals surface area contributed by atoms with Crippen LogP contribution < -0.4 is 5.32 Å². The molecule has 4 heteroatoms. The van der Waals surface area contributed by atoms with Crippen molar-refractivity contribution in [2.45, 2.75) is 37.5 Å². The lowest BCUT2D eigenvalue weighted by molar-refractivity contribution is 0.345. The monoisotopic (exact) mass is 263 g/mol. The van der Waals surface area contributed by atoms with Crippen LogP contribution in [0, 0.1) is 18.3 Å². The minimum Gasteiger partial charge on any atom is -0.340 e. The minimum absolute atomic E-state index is 0.473. The van der Waals surface area contributed by atoms with Crippen molar-refractivity contribution in [2.24, 2.45) is 7.05 Å². The quantitative estimate of drug-likeness (QED) is 0.887. The summed E-state index contributed by atoms with van der Waals surface area (Å²) in [5, 5.41) is 12.6. The Labute approximate surface area is 114 Å². The van der Waals surface area contributed by atoms with E-state index in [-0.39, 0.29) is 0 Å². The van der Waals surface area contributed by atoms with Gasteiger partial charge in [-0.15, -0.1) is 0 Å². The first-order chi connectivity index (χ1) is 8.62. The molecule has 1 heterocycles. The summed E-state index contributed by atoms with van der Waals surface area (Å²) in [5.41, 5.74) is 3.17. The highest BCUT2D eigenvalue weighted by Crippen LogP contribution is 2.42. The van der Waals surface area contributed by atoms with Gasteiger partial charge >= 0.3 is 0 Å². The summed E-state index contributed by atoms with van der Waals surface area (Å²) in [6.07, 6.45) is 6.24. The summed E-state index contributed by atoms with van der Waals surface area (Å²) in [5.74, 6) is 0. The van der Waals surface area contributed by atoms with Crippen molar-refractivity contribution >= 4 is 11.8 Å². The van der Waals surface area contributed by atoms with Crippen LogP contribution in [0.4, 0.5) is 0 Å². The van der Waals surface area contributed by atoms with Crippen LogP contribution in [0.3, 0.4) is 0 Å². The molecule has 1 aliphatic carbocycles. The molecule has 98 valence electrons. The zero-order valence-electron chi connectivity index (χ0n) is 11.4. The summed E-state index contributed by atoms with van der Waals surface area (Å²) in [4.78, 5) is 0. The molecule has 0 aromatic carbocycles. The third-order valence-corrected chi connectivity index (χ3v) is 5.63. The molecule has 1 N–H and O–H groups in total. The first-order valence-electron chi connectivity index (χ1n) is 6.43. The summed E-state index contributed by atoms with van der Waals surface area (Å²) in [6.45, 7) is 4.01. The molecule has 0 amide bonds. The molecule has 0 saturated heterocycles. The second-order valence-corrected chi connectivity index (χ2v) is 6.43. The van der Waals surface area contributed by atoms with E-state index in [4.69, 9.17) is 5.26 Å². The minimum atomic E-state index is 0.473. The summed E-state index contributed by atoms with van der Waals surface area (Å²) in [6, 6.07) is 4.22. The van der Waals surface area contributed by atoms with Gasteiger partial charge in [-0.05, 0) is 37.7 Å². The van der Waals surface area contributed by atoms with Gasteiger partial charge in [-0.3, -0.25) is 0 Å². The third-order valence-electron chi connectivity index (χ3n) is 4.22. The normalized spacial score (nSPS) is 17.2. The number of nitriles is 1. The zero-order valence-corrected chi connectivity index (χ0v) is 12.2. The largest absolute Gasteiger partial charge is 0.340 e. The van der Waals surface area contributed by atoms with Gasteiger partial charge in [-0.1, -0.05) is 6.42 Å². The highest BCUT2D eigenvalue weighted by Gasteiger charge is 2.35. The lowest BCUT2D eigenvalue weighted by Crippen LogP contribution is -2.43. The van der Waals surface area contributed by atoms with Gasteiger partial charge in [0, 0.05) is 30.6 Å². The average molecular weight is 263 g/mol. The fourth-order valence-electron chi connectivity index (χ4n) is 2.50. The molecule has 1 saturated carbocycles. The van der Waals surface area contributed by atoms with E-state index in [1.165, 1.54) is 30.5 Å². The summed E-state index contributed by atoms with van der Waals surface area (Å²) in [7, 11) is 1.95. The van der Waals surface area contributed by atoms with Crippen LogP contribution in [-0.2, 0) is 13.6 Å². The molecule has 0 bridgehead atoms.